The van der Waals surface area contributed by atoms with Gasteiger partial charge in [-0.1, -0.05) is 0 Å². The lowest BCUT2D eigenvalue weighted by Crippen LogP contribution is -2.42. The molecular formula is C14H18ClF3N2O2. The molecule has 8 heteroatoms. The fourth-order valence-corrected chi connectivity index (χ4v) is 2.43. The number of nitrogens with one attached hydrogen (secondary N) is 1. The van der Waals surface area contributed by atoms with E-state index in [0.717, 1.165) is 0 Å². The molecule has 1 aliphatic heterocycles. The Morgan fingerprint density at radius 2 is 2.09 bits per heavy atom. The first-order valence-electron chi connectivity index (χ1n) is 6.50. The van der Waals surface area contributed by atoms with E-state index < -0.39 is 30.1 Å². The summed E-state index contributed by atoms with van der Waals surface area (Å²) in [5.41, 5.74) is 6.18. The fraction of sp³-hybridized carbons (Fsp3) is 0.500. The van der Waals surface area contributed by atoms with Gasteiger partial charge in [0.15, 0.2) is 0 Å². The van der Waals surface area contributed by atoms with Gasteiger partial charge in [0.25, 0.3) is 0 Å². The van der Waals surface area contributed by atoms with Gasteiger partial charge in [-0.3, -0.25) is 4.79 Å². The van der Waals surface area contributed by atoms with Crippen LogP contribution in [-0.4, -0.2) is 17.7 Å². The van der Waals surface area contributed by atoms with Crippen molar-refractivity contribution in [2.75, 3.05) is 5.73 Å². The molecular weight excluding hydrogens is 321 g/mol. The Morgan fingerprint density at radius 1 is 1.45 bits per heavy atom. The van der Waals surface area contributed by atoms with E-state index >= 15 is 0 Å². The Kier molecular flexibility index (Phi) is 5.22. The average molecular weight is 339 g/mol. The molecule has 1 atom stereocenters. The zero-order chi connectivity index (χ0) is 15.8. The number of anilines is 1. The van der Waals surface area contributed by atoms with Crippen LogP contribution < -0.4 is 15.8 Å². The van der Waals surface area contributed by atoms with Crippen molar-refractivity contribution in [1.29, 1.82) is 0 Å². The molecule has 0 saturated carbocycles. The number of nitrogen functional groups attached to an aromatic ring is 1. The lowest BCUT2D eigenvalue weighted by molar-refractivity contribution is -0.154. The van der Waals surface area contributed by atoms with Crippen molar-refractivity contribution in [3.63, 3.8) is 0 Å². The predicted octanol–water partition coefficient (Wildman–Crippen LogP) is 3.36. The maximum Gasteiger partial charge on any atom is 0.397 e. The number of halogens is 4. The molecule has 0 saturated heterocycles. The third kappa shape index (κ3) is 4.69. The zero-order valence-corrected chi connectivity index (χ0v) is 13.0. The number of benzene rings is 1. The van der Waals surface area contributed by atoms with E-state index in [9.17, 15) is 18.0 Å². The van der Waals surface area contributed by atoms with Gasteiger partial charge < -0.3 is 15.8 Å². The molecule has 0 spiro atoms. The van der Waals surface area contributed by atoms with Crippen LogP contribution in [-0.2, 0) is 4.79 Å². The number of hydrogen-bond donors (Lipinski definition) is 2. The molecule has 124 valence electrons. The minimum atomic E-state index is -4.52. The Morgan fingerprint density at radius 3 is 2.68 bits per heavy atom. The van der Waals surface area contributed by atoms with Gasteiger partial charge in [-0.15, -0.1) is 12.4 Å². The summed E-state index contributed by atoms with van der Waals surface area (Å²) in [6, 6.07) is 4.37. The quantitative estimate of drug-likeness (QED) is 0.813. The Bertz CT molecular complexity index is 562. The molecule has 1 aliphatic rings. The minimum absolute atomic E-state index is 0. The number of hydrogen-bond acceptors (Lipinski definition) is 3. The normalized spacial score (nSPS) is 19.4. The van der Waals surface area contributed by atoms with Crippen LogP contribution in [0.3, 0.4) is 0 Å². The van der Waals surface area contributed by atoms with Crippen molar-refractivity contribution in [3.8, 4) is 5.75 Å². The molecule has 0 bridgehead atoms. The van der Waals surface area contributed by atoms with Gasteiger partial charge in [0.05, 0.1) is 6.04 Å². The van der Waals surface area contributed by atoms with Gasteiger partial charge in [-0.05, 0) is 32.0 Å². The highest BCUT2D eigenvalue weighted by molar-refractivity contribution is 5.85. The number of ether oxygens (including phenoxy) is 1. The van der Waals surface area contributed by atoms with Crippen LogP contribution in [0.15, 0.2) is 18.2 Å². The molecule has 0 fully saturated rings. The molecule has 3 N–H and O–H groups in total. The number of rotatable bonds is 2. The van der Waals surface area contributed by atoms with E-state index in [-0.39, 0.29) is 12.4 Å². The number of carbonyl (C=O) groups is 1. The smallest absolute Gasteiger partial charge is 0.397 e. The maximum absolute atomic E-state index is 12.3. The van der Waals surface area contributed by atoms with Gasteiger partial charge in [0.1, 0.15) is 17.8 Å². The monoisotopic (exact) mass is 338 g/mol. The standard InChI is InChI=1S/C14H17F3N2O2.ClH/c1-13(2)6-10(19-12(20)7-14(15,16)17)9-5-8(18)3-4-11(9)21-13;/h3-5,10H,6-7,18H2,1-2H3,(H,19,20);1H. The van der Waals surface area contributed by atoms with Crippen LogP contribution in [0.5, 0.6) is 5.75 Å². The molecule has 4 nitrogen and oxygen atoms in total. The SMILES string of the molecule is CC1(C)CC(NC(=O)CC(F)(F)F)c2cc(N)ccc2O1.Cl. The number of amides is 1. The second-order valence-corrected chi connectivity index (χ2v) is 5.78. The highest BCUT2D eigenvalue weighted by Gasteiger charge is 2.37. The summed E-state index contributed by atoms with van der Waals surface area (Å²) in [4.78, 5) is 11.5. The Balaban J connectivity index is 0.00000242. The number of alkyl halides is 3. The number of fused-ring (bicyclic) bond motifs is 1. The van der Waals surface area contributed by atoms with E-state index in [1.165, 1.54) is 0 Å². The van der Waals surface area contributed by atoms with E-state index in [4.69, 9.17) is 10.5 Å². The predicted molar refractivity (Wildman–Crippen MR) is 79.0 cm³/mol. The highest BCUT2D eigenvalue weighted by Crippen LogP contribution is 2.40. The lowest BCUT2D eigenvalue weighted by Gasteiger charge is -2.38. The third-order valence-corrected chi connectivity index (χ3v) is 3.19. The topological polar surface area (TPSA) is 64.4 Å². The zero-order valence-electron chi connectivity index (χ0n) is 12.2. The van der Waals surface area contributed by atoms with Gasteiger partial charge in [0.2, 0.25) is 5.91 Å². The van der Waals surface area contributed by atoms with Crippen molar-refractivity contribution in [2.45, 2.75) is 44.5 Å². The van der Waals surface area contributed by atoms with E-state index in [1.807, 2.05) is 13.8 Å². The first-order valence-corrected chi connectivity index (χ1v) is 6.50. The van der Waals surface area contributed by atoms with Gasteiger partial charge in [-0.2, -0.15) is 13.2 Å². The van der Waals surface area contributed by atoms with Gasteiger partial charge >= 0.3 is 6.18 Å². The number of carbonyl (C=O) groups excluding carboxylic acids is 1. The molecule has 1 aromatic carbocycles. The molecule has 1 aromatic rings. The van der Waals surface area contributed by atoms with E-state index in [0.29, 0.717) is 23.4 Å². The van der Waals surface area contributed by atoms with Crippen LogP contribution in [0.2, 0.25) is 0 Å². The van der Waals surface area contributed by atoms with E-state index in [2.05, 4.69) is 5.32 Å². The maximum atomic E-state index is 12.3. The van der Waals surface area contributed by atoms with E-state index in [1.54, 1.807) is 18.2 Å². The second kappa shape index (κ2) is 6.24. The van der Waals surface area contributed by atoms with Gasteiger partial charge in [0, 0.05) is 17.7 Å². The highest BCUT2D eigenvalue weighted by atomic mass is 35.5. The van der Waals surface area contributed by atoms with Crippen molar-refractivity contribution in [1.82, 2.24) is 5.32 Å². The van der Waals surface area contributed by atoms with Crippen molar-refractivity contribution >= 4 is 24.0 Å². The van der Waals surface area contributed by atoms with Crippen molar-refractivity contribution < 1.29 is 22.7 Å². The largest absolute Gasteiger partial charge is 0.487 e. The summed E-state index contributed by atoms with van der Waals surface area (Å²) >= 11 is 0. The van der Waals surface area contributed by atoms with Crippen LogP contribution in [0.1, 0.15) is 38.3 Å². The summed E-state index contributed by atoms with van der Waals surface area (Å²) in [6.45, 7) is 3.63. The molecule has 0 radical (unpaired) electrons. The molecule has 0 aromatic heterocycles. The first-order chi connectivity index (χ1) is 9.56. The molecule has 2 rings (SSSR count). The van der Waals surface area contributed by atoms with Crippen LogP contribution in [0.4, 0.5) is 18.9 Å². The molecule has 1 unspecified atom stereocenters. The fourth-order valence-electron chi connectivity index (χ4n) is 2.43. The molecule has 1 heterocycles. The lowest BCUT2D eigenvalue weighted by atomic mass is 9.89. The summed E-state index contributed by atoms with van der Waals surface area (Å²) < 4.78 is 42.6. The van der Waals surface area contributed by atoms with Crippen molar-refractivity contribution in [2.24, 2.45) is 0 Å². The summed E-state index contributed by atoms with van der Waals surface area (Å²) in [6.07, 6.45) is -5.65. The number of nitrogens with two attached hydrogens (primary N) is 1. The minimum Gasteiger partial charge on any atom is -0.487 e. The van der Waals surface area contributed by atoms with Crippen molar-refractivity contribution in [3.05, 3.63) is 23.8 Å². The van der Waals surface area contributed by atoms with Crippen LogP contribution in [0.25, 0.3) is 0 Å². The van der Waals surface area contributed by atoms with Gasteiger partial charge in [-0.25, -0.2) is 0 Å². The third-order valence-electron chi connectivity index (χ3n) is 3.19. The molecule has 22 heavy (non-hydrogen) atoms. The Hall–Kier alpha value is -1.63. The van der Waals surface area contributed by atoms with Crippen LogP contribution >= 0.6 is 12.4 Å². The second-order valence-electron chi connectivity index (χ2n) is 5.78. The average Bonchev–Trinajstić information content (AvgIpc) is 2.26. The summed E-state index contributed by atoms with van der Waals surface area (Å²) in [7, 11) is 0. The Labute approximate surface area is 132 Å². The summed E-state index contributed by atoms with van der Waals surface area (Å²) in [5, 5.41) is 2.42. The van der Waals surface area contributed by atoms with Crippen LogP contribution in [0, 0.1) is 0 Å². The summed E-state index contributed by atoms with van der Waals surface area (Å²) in [5.74, 6) is -0.531. The molecule has 0 aliphatic carbocycles. The molecule has 1 amide bonds. The first kappa shape index (κ1) is 18.4.